The molecule has 5 rings (SSSR count). The van der Waals surface area contributed by atoms with Crippen LogP contribution >= 0.6 is 0 Å². The first-order chi connectivity index (χ1) is 18.1. The molecule has 0 unspecified atom stereocenters. The number of hydrogen-bond donors (Lipinski definition) is 2. The van der Waals surface area contributed by atoms with Crippen molar-refractivity contribution in [3.63, 3.8) is 0 Å². The lowest BCUT2D eigenvalue weighted by Crippen LogP contribution is -2.27. The van der Waals surface area contributed by atoms with Crippen LogP contribution in [0, 0.1) is 30.0 Å². The molecule has 0 aliphatic heterocycles. The van der Waals surface area contributed by atoms with Gasteiger partial charge in [0.15, 0.2) is 17.5 Å². The highest BCUT2D eigenvalue weighted by Gasteiger charge is 2.23. The number of nitrogens with one attached hydrogen (secondary N) is 2. The van der Waals surface area contributed by atoms with Crippen LogP contribution < -0.4 is 10.6 Å². The molecule has 0 amide bonds. The first-order valence-electron chi connectivity index (χ1n) is 12.6. The van der Waals surface area contributed by atoms with E-state index in [1.165, 1.54) is 22.8 Å². The molecule has 3 heterocycles. The van der Waals surface area contributed by atoms with Gasteiger partial charge in [0.25, 0.3) is 0 Å². The van der Waals surface area contributed by atoms with Crippen LogP contribution in [-0.2, 0) is 6.42 Å². The number of nitrogens with zero attached hydrogens (tertiary/aromatic N) is 6. The highest BCUT2D eigenvalue weighted by Crippen LogP contribution is 2.31. The summed E-state index contributed by atoms with van der Waals surface area (Å²) in [6, 6.07) is 15.8. The van der Waals surface area contributed by atoms with Crippen molar-refractivity contribution in [2.45, 2.75) is 51.5 Å². The topological polar surface area (TPSA) is 104 Å². The van der Waals surface area contributed by atoms with Crippen molar-refractivity contribution in [2.75, 3.05) is 10.6 Å². The lowest BCUT2D eigenvalue weighted by molar-refractivity contribution is 0.320. The van der Waals surface area contributed by atoms with Gasteiger partial charge in [0.05, 0.1) is 35.5 Å². The van der Waals surface area contributed by atoms with Crippen LogP contribution in [0.5, 0.6) is 0 Å². The summed E-state index contributed by atoms with van der Waals surface area (Å²) in [7, 11) is 0. The van der Waals surface area contributed by atoms with E-state index in [4.69, 9.17) is 0 Å². The second-order valence-corrected chi connectivity index (χ2v) is 9.49. The van der Waals surface area contributed by atoms with Crippen LogP contribution in [0.1, 0.15) is 48.9 Å². The van der Waals surface area contributed by atoms with Gasteiger partial charge in [-0.05, 0) is 69.1 Å². The Labute approximate surface area is 215 Å². The van der Waals surface area contributed by atoms with Gasteiger partial charge in [-0.1, -0.05) is 30.3 Å². The van der Waals surface area contributed by atoms with E-state index >= 15 is 0 Å². The third-order valence-electron chi connectivity index (χ3n) is 6.93. The number of anilines is 3. The van der Waals surface area contributed by atoms with Gasteiger partial charge in [-0.15, -0.1) is 4.80 Å². The Bertz CT molecular complexity index is 1370. The summed E-state index contributed by atoms with van der Waals surface area (Å²) in [5.74, 6) is 0.578. The fourth-order valence-electron chi connectivity index (χ4n) is 4.84. The first kappa shape index (κ1) is 24.4. The van der Waals surface area contributed by atoms with Gasteiger partial charge in [-0.3, -0.25) is 4.98 Å². The molecule has 0 saturated heterocycles. The molecule has 9 heteroatoms. The zero-order chi connectivity index (χ0) is 25.6. The van der Waals surface area contributed by atoms with Crippen molar-refractivity contribution in [2.24, 2.45) is 5.92 Å². The summed E-state index contributed by atoms with van der Waals surface area (Å²) in [5, 5.41) is 24.3. The van der Waals surface area contributed by atoms with Gasteiger partial charge < -0.3 is 10.6 Å². The van der Waals surface area contributed by atoms with Gasteiger partial charge in [0.1, 0.15) is 11.8 Å². The smallest absolute Gasteiger partial charge is 0.166 e. The molecule has 1 aliphatic carbocycles. The van der Waals surface area contributed by atoms with E-state index in [-0.39, 0.29) is 23.2 Å². The molecule has 0 radical (unpaired) electrons. The summed E-state index contributed by atoms with van der Waals surface area (Å²) in [6.07, 6.45) is 11.2. The monoisotopic (exact) mass is 496 g/mol. The molecule has 3 aromatic heterocycles. The van der Waals surface area contributed by atoms with E-state index in [1.807, 2.05) is 25.1 Å². The van der Waals surface area contributed by atoms with Crippen molar-refractivity contribution >= 4 is 17.3 Å². The SMILES string of the molecule is Cc1ncc(Nc2nc(NC3CCC(CCc4ccccc4)CC3)c(F)cc2C#N)cc1-n1nccn1. The van der Waals surface area contributed by atoms with E-state index in [0.717, 1.165) is 37.8 Å². The summed E-state index contributed by atoms with van der Waals surface area (Å²) < 4.78 is 14.9. The number of nitriles is 1. The number of aryl methyl sites for hydroxylation is 2. The van der Waals surface area contributed by atoms with E-state index in [9.17, 15) is 9.65 Å². The fourth-order valence-corrected chi connectivity index (χ4v) is 4.84. The zero-order valence-electron chi connectivity index (χ0n) is 20.7. The largest absolute Gasteiger partial charge is 0.365 e. The summed E-state index contributed by atoms with van der Waals surface area (Å²) in [6.45, 7) is 1.86. The van der Waals surface area contributed by atoms with Gasteiger partial charge in [0.2, 0.25) is 0 Å². The van der Waals surface area contributed by atoms with E-state index < -0.39 is 5.82 Å². The fraction of sp³-hybridized carbons (Fsp3) is 0.321. The number of hydrogen-bond acceptors (Lipinski definition) is 7. The summed E-state index contributed by atoms with van der Waals surface area (Å²) >= 11 is 0. The normalized spacial score (nSPS) is 17.2. The Balaban J connectivity index is 1.25. The standard InChI is InChI=1S/C28H29FN8/c1-19-26(37-32-13-14-33-37)16-24(18-31-19)35-27-22(17-30)15-25(29)28(36-27)34-23-11-9-21(10-12-23)8-7-20-5-3-2-4-6-20/h2-6,13-16,18,21,23H,7-12H2,1H3,(H2,34,35,36). The van der Waals surface area contributed by atoms with Crippen LogP contribution in [-0.4, -0.2) is 31.0 Å². The van der Waals surface area contributed by atoms with E-state index in [0.29, 0.717) is 17.3 Å². The second kappa shape index (κ2) is 11.2. The average molecular weight is 497 g/mol. The van der Waals surface area contributed by atoms with Gasteiger partial charge in [-0.2, -0.15) is 15.5 Å². The minimum absolute atomic E-state index is 0.118. The number of rotatable bonds is 8. The molecule has 1 saturated carbocycles. The van der Waals surface area contributed by atoms with Gasteiger partial charge >= 0.3 is 0 Å². The third-order valence-corrected chi connectivity index (χ3v) is 6.93. The molecular formula is C28H29FN8. The van der Waals surface area contributed by atoms with Crippen molar-refractivity contribution < 1.29 is 4.39 Å². The molecular weight excluding hydrogens is 467 g/mol. The lowest BCUT2D eigenvalue weighted by atomic mass is 9.82. The van der Waals surface area contributed by atoms with Gasteiger partial charge in [0, 0.05) is 6.04 Å². The van der Waals surface area contributed by atoms with Crippen LogP contribution in [0.25, 0.3) is 5.69 Å². The molecule has 1 aliphatic rings. The summed E-state index contributed by atoms with van der Waals surface area (Å²) in [5.41, 5.74) is 3.53. The maximum absolute atomic E-state index is 14.9. The molecule has 8 nitrogen and oxygen atoms in total. The second-order valence-electron chi connectivity index (χ2n) is 9.49. The number of aromatic nitrogens is 5. The molecule has 0 spiro atoms. The predicted molar refractivity (Wildman–Crippen MR) is 140 cm³/mol. The minimum Gasteiger partial charge on any atom is -0.365 e. The van der Waals surface area contributed by atoms with Crippen molar-refractivity contribution in [3.8, 4) is 11.8 Å². The maximum Gasteiger partial charge on any atom is 0.166 e. The third kappa shape index (κ3) is 5.92. The quantitative estimate of drug-likeness (QED) is 0.321. The number of pyridine rings is 2. The minimum atomic E-state index is -0.531. The zero-order valence-corrected chi connectivity index (χ0v) is 20.7. The van der Waals surface area contributed by atoms with Crippen LogP contribution in [0.4, 0.5) is 21.7 Å². The van der Waals surface area contributed by atoms with Crippen LogP contribution in [0.15, 0.2) is 61.1 Å². The molecule has 2 N–H and O–H groups in total. The Morgan fingerprint density at radius 2 is 1.81 bits per heavy atom. The predicted octanol–water partition coefficient (Wildman–Crippen LogP) is 5.72. The van der Waals surface area contributed by atoms with Crippen molar-refractivity contribution in [1.29, 1.82) is 5.26 Å². The van der Waals surface area contributed by atoms with E-state index in [1.54, 1.807) is 18.6 Å². The van der Waals surface area contributed by atoms with Crippen LogP contribution in [0.2, 0.25) is 0 Å². The first-order valence-corrected chi connectivity index (χ1v) is 12.6. The Morgan fingerprint density at radius 1 is 1.05 bits per heavy atom. The molecule has 4 aromatic rings. The molecule has 1 aromatic carbocycles. The number of halogens is 1. The number of benzene rings is 1. The Kier molecular flexibility index (Phi) is 7.36. The van der Waals surface area contributed by atoms with Gasteiger partial charge in [-0.25, -0.2) is 9.37 Å². The van der Waals surface area contributed by atoms with E-state index in [2.05, 4.69) is 55.1 Å². The molecule has 1 fully saturated rings. The highest BCUT2D eigenvalue weighted by molar-refractivity contribution is 5.66. The van der Waals surface area contributed by atoms with Crippen LogP contribution in [0.3, 0.4) is 0 Å². The lowest BCUT2D eigenvalue weighted by Gasteiger charge is -2.29. The molecule has 188 valence electrons. The average Bonchev–Trinajstić information content (AvgIpc) is 3.46. The molecule has 0 bridgehead atoms. The van der Waals surface area contributed by atoms with Crippen molar-refractivity contribution in [1.82, 2.24) is 25.0 Å². The Hall–Kier alpha value is -4.32. The molecule has 37 heavy (non-hydrogen) atoms. The summed E-state index contributed by atoms with van der Waals surface area (Å²) in [4.78, 5) is 10.3. The van der Waals surface area contributed by atoms with Crippen molar-refractivity contribution in [3.05, 3.63) is 83.7 Å². The Morgan fingerprint density at radius 3 is 2.54 bits per heavy atom. The highest BCUT2D eigenvalue weighted by atomic mass is 19.1. The molecule has 0 atom stereocenters. The maximum atomic E-state index is 14.9.